The summed E-state index contributed by atoms with van der Waals surface area (Å²) in [5.74, 6) is -0.395. The van der Waals surface area contributed by atoms with E-state index >= 15 is 0 Å². The molecule has 0 saturated carbocycles. The highest BCUT2D eigenvalue weighted by atomic mass is 16.5. The summed E-state index contributed by atoms with van der Waals surface area (Å²) >= 11 is 0. The topological polar surface area (TPSA) is 72.4 Å². The van der Waals surface area contributed by atoms with Gasteiger partial charge in [0, 0.05) is 6.42 Å². The van der Waals surface area contributed by atoms with Gasteiger partial charge in [-0.05, 0) is 19.3 Å². The number of hydrogen-bond acceptors (Lipinski definition) is 3. The molecule has 0 rings (SSSR count). The van der Waals surface area contributed by atoms with Gasteiger partial charge in [-0.2, -0.15) is 0 Å². The van der Waals surface area contributed by atoms with Gasteiger partial charge in [0.05, 0.1) is 6.10 Å². The van der Waals surface area contributed by atoms with Gasteiger partial charge < -0.3 is 15.8 Å². The Morgan fingerprint density at radius 2 is 1.32 bits per heavy atom. The lowest BCUT2D eigenvalue weighted by molar-refractivity contribution is -0.120. The van der Waals surface area contributed by atoms with Crippen LogP contribution < -0.4 is 5.48 Å². The van der Waals surface area contributed by atoms with E-state index in [-0.39, 0.29) is 6.10 Å². The highest BCUT2D eigenvalue weighted by molar-refractivity contribution is 5.76. The van der Waals surface area contributed by atoms with Gasteiger partial charge in [0.2, 0.25) is 5.91 Å². The van der Waals surface area contributed by atoms with Crippen molar-refractivity contribution in [2.75, 3.05) is 0 Å². The highest BCUT2D eigenvalue weighted by Crippen LogP contribution is 2.14. The predicted molar refractivity (Wildman–Crippen MR) is 92.4 cm³/mol. The quantitative estimate of drug-likeness (QED) is 0.316. The van der Waals surface area contributed by atoms with Crippen molar-refractivity contribution in [3.05, 3.63) is 5.21 Å². The van der Waals surface area contributed by atoms with Gasteiger partial charge in [0.15, 0.2) is 0 Å². The molecule has 2 N–H and O–H groups in total. The van der Waals surface area contributed by atoms with Gasteiger partial charge in [-0.3, -0.25) is 4.79 Å². The average Bonchev–Trinajstić information content (AvgIpc) is 2.53. The molecule has 0 spiro atoms. The molecule has 0 aromatic rings. The second-order valence-corrected chi connectivity index (χ2v) is 6.40. The molecular formula is C18H36NO3-. The van der Waals surface area contributed by atoms with E-state index < -0.39 is 5.91 Å². The number of carbonyl (C=O) groups excluding carboxylic acids is 1. The first kappa shape index (κ1) is 21.4. The van der Waals surface area contributed by atoms with Crippen molar-refractivity contribution < 1.29 is 9.90 Å². The maximum absolute atomic E-state index is 10.7. The van der Waals surface area contributed by atoms with Crippen molar-refractivity contribution in [3.8, 4) is 0 Å². The van der Waals surface area contributed by atoms with Gasteiger partial charge in [0.25, 0.3) is 0 Å². The molecular weight excluding hydrogens is 278 g/mol. The smallest absolute Gasteiger partial charge is 0.209 e. The molecule has 0 aliphatic carbocycles. The molecule has 0 heterocycles. The van der Waals surface area contributed by atoms with E-state index in [9.17, 15) is 15.1 Å². The third-order valence-corrected chi connectivity index (χ3v) is 4.20. The van der Waals surface area contributed by atoms with E-state index in [1.165, 1.54) is 56.8 Å². The first-order valence-corrected chi connectivity index (χ1v) is 9.29. The molecule has 1 atom stereocenters. The van der Waals surface area contributed by atoms with Crippen LogP contribution in [0.5, 0.6) is 0 Å². The minimum absolute atomic E-state index is 0.0935. The molecule has 0 aliphatic heterocycles. The van der Waals surface area contributed by atoms with Crippen LogP contribution in [0, 0.1) is 5.21 Å². The molecule has 0 fully saturated rings. The first-order chi connectivity index (χ1) is 10.7. The van der Waals surface area contributed by atoms with Crippen LogP contribution in [0.2, 0.25) is 0 Å². The van der Waals surface area contributed by atoms with Gasteiger partial charge in [0.1, 0.15) is 0 Å². The lowest BCUT2D eigenvalue weighted by Gasteiger charge is -2.10. The number of aliphatic hydroxyl groups excluding tert-OH is 1. The summed E-state index contributed by atoms with van der Waals surface area (Å²) in [6.45, 7) is 2.21. The molecule has 0 radical (unpaired) electrons. The summed E-state index contributed by atoms with van der Waals surface area (Å²) in [5, 5.41) is 19.9. The van der Waals surface area contributed by atoms with Gasteiger partial charge in [-0.1, -0.05) is 77.6 Å². The minimum atomic E-state index is -0.395. The molecule has 0 aromatic carbocycles. The summed E-state index contributed by atoms with van der Waals surface area (Å²) in [7, 11) is 0. The van der Waals surface area contributed by atoms with Crippen molar-refractivity contribution in [2.45, 2.75) is 109 Å². The third kappa shape index (κ3) is 15.8. The summed E-state index contributed by atoms with van der Waals surface area (Å²) in [6, 6.07) is 0. The zero-order chi connectivity index (χ0) is 16.5. The summed E-state index contributed by atoms with van der Waals surface area (Å²) in [4.78, 5) is 10.7. The largest absolute Gasteiger partial charge is 0.759 e. The number of aliphatic hydroxyl groups is 1. The molecule has 4 nitrogen and oxygen atoms in total. The van der Waals surface area contributed by atoms with Crippen molar-refractivity contribution in [3.63, 3.8) is 0 Å². The minimum Gasteiger partial charge on any atom is -0.759 e. The molecule has 0 bridgehead atoms. The van der Waals surface area contributed by atoms with Gasteiger partial charge in [-0.25, -0.2) is 0 Å². The molecule has 1 amide bonds. The fraction of sp³-hybridized carbons (Fsp3) is 0.944. The Labute approximate surface area is 136 Å². The van der Waals surface area contributed by atoms with E-state index in [2.05, 4.69) is 6.92 Å². The molecule has 0 saturated heterocycles. The van der Waals surface area contributed by atoms with Crippen LogP contribution in [0.4, 0.5) is 0 Å². The van der Waals surface area contributed by atoms with E-state index in [1.807, 2.05) is 0 Å². The highest BCUT2D eigenvalue weighted by Gasteiger charge is 2.03. The Kier molecular flexibility index (Phi) is 16.3. The Morgan fingerprint density at radius 3 is 1.82 bits per heavy atom. The zero-order valence-corrected chi connectivity index (χ0v) is 14.4. The predicted octanol–water partition coefficient (Wildman–Crippen LogP) is 4.83. The Balaban J connectivity index is 3.14. The Morgan fingerprint density at radius 1 is 0.864 bits per heavy atom. The lowest BCUT2D eigenvalue weighted by Crippen LogP contribution is -2.14. The summed E-state index contributed by atoms with van der Waals surface area (Å²) < 4.78 is 0. The monoisotopic (exact) mass is 314 g/mol. The summed E-state index contributed by atoms with van der Waals surface area (Å²) in [6.07, 6.45) is 16.2. The van der Waals surface area contributed by atoms with Crippen LogP contribution in [0.25, 0.3) is 0 Å². The number of hydroxylamine groups is 1. The molecule has 1 unspecified atom stereocenters. The zero-order valence-electron chi connectivity index (χ0n) is 14.4. The van der Waals surface area contributed by atoms with Crippen LogP contribution in [0.1, 0.15) is 103 Å². The first-order valence-electron chi connectivity index (χ1n) is 9.29. The van der Waals surface area contributed by atoms with Crippen molar-refractivity contribution in [1.29, 1.82) is 0 Å². The average molecular weight is 314 g/mol. The second-order valence-electron chi connectivity index (χ2n) is 6.40. The van der Waals surface area contributed by atoms with Gasteiger partial charge >= 0.3 is 0 Å². The van der Waals surface area contributed by atoms with Crippen LogP contribution in [0.3, 0.4) is 0 Å². The maximum Gasteiger partial charge on any atom is 0.209 e. The number of nitrogens with one attached hydrogen (secondary N) is 1. The number of rotatable bonds is 16. The SMILES string of the molecule is CCCCCCC(O)CCCCCCCCCCC(=O)N[O-]. The van der Waals surface area contributed by atoms with E-state index in [1.54, 1.807) is 0 Å². The molecule has 0 aliphatic rings. The Hall–Kier alpha value is -0.610. The van der Waals surface area contributed by atoms with Crippen LogP contribution >= 0.6 is 0 Å². The van der Waals surface area contributed by atoms with Crippen molar-refractivity contribution in [1.82, 2.24) is 5.48 Å². The molecule has 0 aromatic heterocycles. The molecule has 132 valence electrons. The lowest BCUT2D eigenvalue weighted by atomic mass is 10.0. The maximum atomic E-state index is 10.7. The fourth-order valence-electron chi connectivity index (χ4n) is 2.73. The van der Waals surface area contributed by atoms with Gasteiger partial charge in [-0.15, -0.1) is 0 Å². The normalized spacial score (nSPS) is 12.3. The number of carbonyl (C=O) groups is 1. The second kappa shape index (κ2) is 16.8. The summed E-state index contributed by atoms with van der Waals surface area (Å²) in [5.41, 5.74) is 1.41. The fourth-order valence-corrected chi connectivity index (χ4v) is 2.73. The van der Waals surface area contributed by atoms with Crippen molar-refractivity contribution in [2.24, 2.45) is 0 Å². The molecule has 4 heteroatoms. The van der Waals surface area contributed by atoms with E-state index in [0.717, 1.165) is 38.5 Å². The van der Waals surface area contributed by atoms with Crippen LogP contribution in [0.15, 0.2) is 0 Å². The molecule has 22 heavy (non-hydrogen) atoms. The van der Waals surface area contributed by atoms with Crippen LogP contribution in [-0.2, 0) is 4.79 Å². The van der Waals surface area contributed by atoms with Crippen LogP contribution in [-0.4, -0.2) is 17.1 Å². The standard InChI is InChI=1S/C18H36NO3/c1-2-3-4-11-14-17(20)15-12-9-7-5-6-8-10-13-16-18(21)19-22/h17,20H,2-16H2,1H3,(H-,19,21,22)/q-1. The Bertz CT molecular complexity index is 246. The number of amides is 1. The van der Waals surface area contributed by atoms with Crippen molar-refractivity contribution >= 4 is 5.91 Å². The van der Waals surface area contributed by atoms with E-state index in [4.69, 9.17) is 0 Å². The third-order valence-electron chi connectivity index (χ3n) is 4.20. The number of unbranched alkanes of at least 4 members (excludes halogenated alkanes) is 10. The van der Waals surface area contributed by atoms with E-state index in [0.29, 0.717) is 6.42 Å². The number of hydrogen-bond donors (Lipinski definition) is 2.